The van der Waals surface area contributed by atoms with Gasteiger partial charge in [0.25, 0.3) is 11.3 Å². The number of anilines is 1. The van der Waals surface area contributed by atoms with Crippen molar-refractivity contribution in [2.24, 2.45) is 0 Å². The van der Waals surface area contributed by atoms with Gasteiger partial charge in [-0.05, 0) is 51.3 Å². The second-order valence-corrected chi connectivity index (χ2v) is 7.25. The van der Waals surface area contributed by atoms with Crippen LogP contribution < -0.4 is 4.31 Å². The lowest BCUT2D eigenvalue weighted by Gasteiger charge is -2.31. The second-order valence-electron chi connectivity index (χ2n) is 6.40. The molecule has 0 saturated carbocycles. The Bertz CT molecular complexity index is 818. The number of esters is 1. The molecule has 2 unspecified atom stereocenters. The highest BCUT2D eigenvalue weighted by Gasteiger charge is 2.31. The van der Waals surface area contributed by atoms with Gasteiger partial charge in [0.2, 0.25) is 0 Å². The monoisotopic (exact) mass is 401 g/mol. The molecule has 0 aliphatic carbocycles. The Hall–Kier alpha value is -2.44. The minimum atomic E-state index is -2.31. The van der Waals surface area contributed by atoms with Crippen molar-refractivity contribution in [1.29, 1.82) is 0 Å². The first-order valence-electron chi connectivity index (χ1n) is 9.32. The third-order valence-corrected chi connectivity index (χ3v) is 5.27. The molecule has 0 saturated heterocycles. The van der Waals surface area contributed by atoms with Crippen molar-refractivity contribution in [2.45, 2.75) is 39.7 Å². The molecule has 0 spiro atoms. The third kappa shape index (κ3) is 5.78. The van der Waals surface area contributed by atoms with Gasteiger partial charge in [0.15, 0.2) is 0 Å². The molecule has 2 atom stereocenters. The summed E-state index contributed by atoms with van der Waals surface area (Å²) in [4.78, 5) is 12.5. The molecule has 0 aliphatic heterocycles. The Morgan fingerprint density at radius 2 is 1.82 bits per heavy atom. The summed E-state index contributed by atoms with van der Waals surface area (Å²) in [5.41, 5.74) is 3.10. The molecule has 2 aromatic carbocycles. The molecule has 0 fully saturated rings. The van der Waals surface area contributed by atoms with Gasteiger partial charge in [0.1, 0.15) is 0 Å². The van der Waals surface area contributed by atoms with E-state index in [0.717, 1.165) is 11.1 Å². The number of rotatable bonds is 9. The van der Waals surface area contributed by atoms with Crippen LogP contribution in [0.1, 0.15) is 31.4 Å². The fraction of sp³-hybridized carbons (Fsp3) is 0.318. The number of ether oxygens (including phenoxy) is 1. The van der Waals surface area contributed by atoms with Crippen molar-refractivity contribution in [2.75, 3.05) is 10.9 Å². The van der Waals surface area contributed by atoms with Crippen LogP contribution in [0.5, 0.6) is 0 Å². The van der Waals surface area contributed by atoms with Crippen LogP contribution in [0, 0.1) is 6.92 Å². The van der Waals surface area contributed by atoms with Crippen LogP contribution in [-0.2, 0) is 27.2 Å². The quantitative estimate of drug-likeness (QED) is 0.383. The van der Waals surface area contributed by atoms with Gasteiger partial charge in [0.05, 0.1) is 23.9 Å². The molecule has 150 valence electrons. The van der Waals surface area contributed by atoms with E-state index in [4.69, 9.17) is 4.74 Å². The van der Waals surface area contributed by atoms with E-state index in [1.807, 2.05) is 49.4 Å². The number of hydrogen-bond acceptors (Lipinski definition) is 3. The second kappa shape index (κ2) is 10.8. The summed E-state index contributed by atoms with van der Waals surface area (Å²) in [5, 5.41) is 0. The van der Waals surface area contributed by atoms with E-state index in [-0.39, 0.29) is 6.61 Å². The average molecular weight is 402 g/mol. The number of allylic oxidation sites excluding steroid dienone is 1. The predicted molar refractivity (Wildman–Crippen MR) is 113 cm³/mol. The van der Waals surface area contributed by atoms with Gasteiger partial charge in [-0.15, -0.1) is 0 Å². The summed E-state index contributed by atoms with van der Waals surface area (Å²) in [6.45, 7) is 5.68. The minimum Gasteiger partial charge on any atom is -0.463 e. The smallest absolute Gasteiger partial charge is 0.335 e. The van der Waals surface area contributed by atoms with Gasteiger partial charge in [-0.1, -0.05) is 54.1 Å². The molecule has 5 nitrogen and oxygen atoms in total. The van der Waals surface area contributed by atoms with E-state index in [0.29, 0.717) is 24.1 Å². The van der Waals surface area contributed by atoms with Gasteiger partial charge >= 0.3 is 5.97 Å². The van der Waals surface area contributed by atoms with Crippen LogP contribution >= 0.6 is 0 Å². The molecule has 0 amide bonds. The summed E-state index contributed by atoms with van der Waals surface area (Å²) >= 11 is -2.31. The Morgan fingerprint density at radius 1 is 1.18 bits per heavy atom. The van der Waals surface area contributed by atoms with E-state index in [2.05, 4.69) is 0 Å². The maximum Gasteiger partial charge on any atom is 0.335 e. The molecule has 0 aromatic heterocycles. The Balaban J connectivity index is 2.42. The largest absolute Gasteiger partial charge is 0.463 e. The number of hydrogen-bond donors (Lipinski definition) is 1. The first kappa shape index (κ1) is 21.9. The van der Waals surface area contributed by atoms with Crippen molar-refractivity contribution in [1.82, 2.24) is 0 Å². The maximum atomic E-state index is 12.5. The zero-order valence-electron chi connectivity index (χ0n) is 16.5. The highest BCUT2D eigenvalue weighted by atomic mass is 32.2. The molecule has 2 aromatic rings. The number of nitrogens with zero attached hydrogens (tertiary/aromatic N) is 1. The maximum absolute atomic E-state index is 12.5. The molecule has 0 bridgehead atoms. The molecule has 0 radical (unpaired) electrons. The summed E-state index contributed by atoms with van der Waals surface area (Å²) in [6, 6.07) is 16.6. The third-order valence-electron chi connectivity index (χ3n) is 4.47. The van der Waals surface area contributed by atoms with Gasteiger partial charge < -0.3 is 4.74 Å². The van der Waals surface area contributed by atoms with Crippen molar-refractivity contribution >= 4 is 22.9 Å². The van der Waals surface area contributed by atoms with Gasteiger partial charge in [-0.2, -0.15) is 0 Å². The van der Waals surface area contributed by atoms with E-state index in [9.17, 15) is 13.6 Å². The summed E-state index contributed by atoms with van der Waals surface area (Å²) in [7, 11) is 0. The Morgan fingerprint density at radius 3 is 2.36 bits per heavy atom. The highest BCUT2D eigenvalue weighted by molar-refractivity contribution is 7.80. The normalized spacial score (nSPS) is 13.6. The van der Waals surface area contributed by atoms with Crippen LogP contribution in [0.25, 0.3) is 0 Å². The zero-order valence-corrected chi connectivity index (χ0v) is 17.3. The van der Waals surface area contributed by atoms with Crippen molar-refractivity contribution in [3.05, 3.63) is 77.4 Å². The lowest BCUT2D eigenvalue weighted by molar-refractivity contribution is -0.138. The van der Waals surface area contributed by atoms with E-state index in [1.54, 1.807) is 32.1 Å². The van der Waals surface area contributed by atoms with Gasteiger partial charge in [-0.3, -0.25) is 8.86 Å². The SMILES string of the molecule is CC=C(C(=O)OCC)C(CCc1ccccc1)N(c1ccc(C)cc1)S(=O)O. The fourth-order valence-electron chi connectivity index (χ4n) is 3.08. The Kier molecular flexibility index (Phi) is 8.42. The van der Waals surface area contributed by atoms with E-state index < -0.39 is 23.3 Å². The van der Waals surface area contributed by atoms with Crippen LogP contribution in [-0.4, -0.2) is 27.4 Å². The van der Waals surface area contributed by atoms with E-state index in [1.165, 1.54) is 4.31 Å². The molecule has 6 heteroatoms. The summed E-state index contributed by atoms with van der Waals surface area (Å²) in [5.74, 6) is -0.467. The fourth-order valence-corrected chi connectivity index (χ4v) is 3.82. The lowest BCUT2D eigenvalue weighted by Crippen LogP contribution is -2.41. The average Bonchev–Trinajstić information content (AvgIpc) is 2.68. The van der Waals surface area contributed by atoms with Crippen LogP contribution in [0.15, 0.2) is 66.2 Å². The summed E-state index contributed by atoms with van der Waals surface area (Å²) < 4.78 is 28.9. The number of benzene rings is 2. The first-order valence-corrected chi connectivity index (χ1v) is 10.4. The zero-order chi connectivity index (χ0) is 20.5. The predicted octanol–water partition coefficient (Wildman–Crippen LogP) is 4.45. The summed E-state index contributed by atoms with van der Waals surface area (Å²) in [6.07, 6.45) is 2.81. The van der Waals surface area contributed by atoms with Crippen LogP contribution in [0.3, 0.4) is 0 Å². The van der Waals surface area contributed by atoms with Crippen molar-refractivity contribution < 1.29 is 18.3 Å². The molecule has 28 heavy (non-hydrogen) atoms. The molecule has 2 rings (SSSR count). The van der Waals surface area contributed by atoms with Gasteiger partial charge in [0, 0.05) is 0 Å². The van der Waals surface area contributed by atoms with Crippen molar-refractivity contribution in [3.63, 3.8) is 0 Å². The minimum absolute atomic E-state index is 0.244. The van der Waals surface area contributed by atoms with Crippen LogP contribution in [0.2, 0.25) is 0 Å². The number of carbonyl (C=O) groups excluding carboxylic acids is 1. The number of aryl methyl sites for hydroxylation is 2. The number of carbonyl (C=O) groups is 1. The lowest BCUT2D eigenvalue weighted by atomic mass is 9.98. The standard InChI is InChI=1S/C22H27NO4S/c1-4-20(22(24)27-5-2)21(16-13-18-9-7-6-8-10-18)23(28(25)26)19-14-11-17(3)12-15-19/h4,6-12,14-15,21H,5,13,16H2,1-3H3,(H,25,26). The Labute approximate surface area is 169 Å². The first-order chi connectivity index (χ1) is 13.5. The van der Waals surface area contributed by atoms with Gasteiger partial charge in [-0.25, -0.2) is 9.00 Å². The molecular formula is C22H27NO4S. The highest BCUT2D eigenvalue weighted by Crippen LogP contribution is 2.27. The topological polar surface area (TPSA) is 66.8 Å². The molecule has 0 heterocycles. The van der Waals surface area contributed by atoms with Crippen LogP contribution in [0.4, 0.5) is 5.69 Å². The van der Waals surface area contributed by atoms with E-state index >= 15 is 0 Å². The molecular weight excluding hydrogens is 374 g/mol. The van der Waals surface area contributed by atoms with Crippen molar-refractivity contribution in [3.8, 4) is 0 Å². The molecule has 0 aliphatic rings. The molecule has 1 N–H and O–H groups in total.